The third-order valence-corrected chi connectivity index (χ3v) is 5.16. The number of anilines is 1. The topological polar surface area (TPSA) is 91.2 Å². The first-order chi connectivity index (χ1) is 14.4. The van der Waals surface area contributed by atoms with Crippen LogP contribution in [0.1, 0.15) is 31.7 Å². The number of carbonyl (C=O) groups is 2. The number of nitrogens with one attached hydrogen (secondary N) is 2. The zero-order chi connectivity index (χ0) is 21.3. The monoisotopic (exact) mass is 424 g/mol. The number of furan rings is 1. The molecule has 4 rings (SSSR count). The molecule has 0 fully saturated rings. The molecule has 4 aromatic rings. The van der Waals surface area contributed by atoms with Gasteiger partial charge in [-0.3, -0.25) is 14.7 Å². The van der Waals surface area contributed by atoms with Crippen molar-refractivity contribution >= 4 is 51.9 Å². The minimum atomic E-state index is -0.662. The summed E-state index contributed by atoms with van der Waals surface area (Å²) < 4.78 is 19.8. The van der Waals surface area contributed by atoms with E-state index in [0.29, 0.717) is 16.6 Å². The number of H-pyrrole nitrogens is 1. The molecule has 1 aromatic carbocycles. The molecule has 0 aliphatic rings. The molecule has 3 heterocycles. The number of aromatic nitrogens is 2. The lowest BCUT2D eigenvalue weighted by Crippen LogP contribution is -2.21. The zero-order valence-electron chi connectivity index (χ0n) is 16.1. The maximum atomic E-state index is 14.5. The Bertz CT molecular complexity index is 1250. The molecule has 0 bridgehead atoms. The van der Waals surface area contributed by atoms with Crippen LogP contribution in [0.15, 0.2) is 46.2 Å². The Morgan fingerprint density at radius 1 is 1.20 bits per heavy atom. The summed E-state index contributed by atoms with van der Waals surface area (Å²) in [5, 5.41) is 12.1. The van der Waals surface area contributed by atoms with Gasteiger partial charge < -0.3 is 14.6 Å². The summed E-state index contributed by atoms with van der Waals surface area (Å²) in [5.74, 6) is -1.72. The number of carbonyl (C=O) groups excluding carboxylic acids is 2. The molecule has 30 heavy (non-hydrogen) atoms. The predicted molar refractivity (Wildman–Crippen MR) is 114 cm³/mol. The van der Waals surface area contributed by atoms with Gasteiger partial charge in [0.2, 0.25) is 0 Å². The average Bonchev–Trinajstić information content (AvgIpc) is 3.47. The van der Waals surface area contributed by atoms with Crippen molar-refractivity contribution in [1.29, 1.82) is 0 Å². The quantitative estimate of drug-likeness (QED) is 0.494. The van der Waals surface area contributed by atoms with Crippen LogP contribution in [0.3, 0.4) is 0 Å². The predicted octanol–water partition coefficient (Wildman–Crippen LogP) is 4.48. The summed E-state index contributed by atoms with van der Waals surface area (Å²) in [6, 6.07) is 9.47. The zero-order valence-corrected chi connectivity index (χ0v) is 16.9. The second-order valence-corrected chi connectivity index (χ2v) is 7.63. The van der Waals surface area contributed by atoms with Gasteiger partial charge in [-0.15, -0.1) is 11.3 Å². The number of hydrogen-bond donors (Lipinski definition) is 2. The Morgan fingerprint density at radius 2 is 2.00 bits per heavy atom. The highest BCUT2D eigenvalue weighted by atomic mass is 32.1. The van der Waals surface area contributed by atoms with Crippen LogP contribution in [0.4, 0.5) is 10.1 Å². The fourth-order valence-electron chi connectivity index (χ4n) is 2.81. The van der Waals surface area contributed by atoms with Crippen molar-refractivity contribution in [2.75, 3.05) is 19.4 Å². The Labute approximate surface area is 174 Å². The standard InChI is InChI=1S/C21H17FN4O3S/c1-26(2)21(28)19-8-7-18(29-19)20(27)23-17-10-13-15(6-5-12-4-3-9-30-12)24-25-16(13)11-14(17)22/h3-11H,1-2H3,(H,23,27)(H,24,25). The number of thiophene rings is 1. The van der Waals surface area contributed by atoms with E-state index in [0.717, 1.165) is 4.88 Å². The van der Waals surface area contributed by atoms with Crippen LogP contribution in [0.25, 0.3) is 23.1 Å². The van der Waals surface area contributed by atoms with E-state index < -0.39 is 11.7 Å². The lowest BCUT2D eigenvalue weighted by atomic mass is 10.1. The fraction of sp³-hybridized carbons (Fsp3) is 0.0952. The van der Waals surface area contributed by atoms with Crippen molar-refractivity contribution in [2.45, 2.75) is 0 Å². The highest BCUT2D eigenvalue weighted by Crippen LogP contribution is 2.26. The molecule has 0 saturated heterocycles. The molecule has 3 aromatic heterocycles. The molecule has 0 aliphatic carbocycles. The molecule has 9 heteroatoms. The number of aromatic amines is 1. The molecule has 2 N–H and O–H groups in total. The van der Waals surface area contributed by atoms with Gasteiger partial charge in [0.05, 0.1) is 16.9 Å². The number of hydrogen-bond acceptors (Lipinski definition) is 5. The van der Waals surface area contributed by atoms with E-state index in [9.17, 15) is 14.0 Å². The van der Waals surface area contributed by atoms with Crippen molar-refractivity contribution < 1.29 is 18.4 Å². The molecule has 2 amide bonds. The first-order valence-electron chi connectivity index (χ1n) is 8.94. The summed E-state index contributed by atoms with van der Waals surface area (Å²) in [6.45, 7) is 0. The number of halogens is 1. The minimum Gasteiger partial charge on any atom is -0.446 e. The van der Waals surface area contributed by atoms with Crippen LogP contribution in [0, 0.1) is 5.82 Å². The molecule has 0 spiro atoms. The summed E-state index contributed by atoms with van der Waals surface area (Å²) in [6.07, 6.45) is 3.73. The number of fused-ring (bicyclic) bond motifs is 1. The van der Waals surface area contributed by atoms with Crippen molar-refractivity contribution in [3.8, 4) is 0 Å². The van der Waals surface area contributed by atoms with Gasteiger partial charge in [0, 0.05) is 30.4 Å². The largest absolute Gasteiger partial charge is 0.446 e. The number of benzene rings is 1. The van der Waals surface area contributed by atoms with E-state index in [2.05, 4.69) is 15.5 Å². The first-order valence-corrected chi connectivity index (χ1v) is 9.82. The van der Waals surface area contributed by atoms with Gasteiger partial charge in [0.1, 0.15) is 5.82 Å². The summed E-state index contributed by atoms with van der Waals surface area (Å²) in [4.78, 5) is 26.8. The third kappa shape index (κ3) is 3.87. The van der Waals surface area contributed by atoms with Gasteiger partial charge in [-0.25, -0.2) is 4.39 Å². The SMILES string of the molecule is CN(C)C(=O)c1ccc(C(=O)Nc2cc3c(C=Cc4cccs4)n[nH]c3cc2F)o1. The normalized spacial score (nSPS) is 11.3. The average molecular weight is 424 g/mol. The Kier molecular flexibility index (Phi) is 5.20. The van der Waals surface area contributed by atoms with Crippen molar-refractivity contribution in [1.82, 2.24) is 15.1 Å². The Hall–Kier alpha value is -3.72. The third-order valence-electron chi connectivity index (χ3n) is 4.32. The number of rotatable bonds is 5. The van der Waals surface area contributed by atoms with Crippen LogP contribution in [0.5, 0.6) is 0 Å². The highest BCUT2D eigenvalue weighted by molar-refractivity contribution is 7.10. The van der Waals surface area contributed by atoms with Gasteiger partial charge in [0.15, 0.2) is 11.5 Å². The van der Waals surface area contributed by atoms with E-state index in [4.69, 9.17) is 4.42 Å². The summed E-state index contributed by atoms with van der Waals surface area (Å²) >= 11 is 1.59. The van der Waals surface area contributed by atoms with E-state index in [-0.39, 0.29) is 23.1 Å². The van der Waals surface area contributed by atoms with Gasteiger partial charge in [-0.05, 0) is 41.8 Å². The van der Waals surface area contributed by atoms with E-state index in [1.54, 1.807) is 25.4 Å². The van der Waals surface area contributed by atoms with E-state index >= 15 is 0 Å². The Balaban J connectivity index is 1.59. The minimum absolute atomic E-state index is 0.0171. The molecule has 0 atom stereocenters. The summed E-state index contributed by atoms with van der Waals surface area (Å²) in [5.41, 5.74) is 1.11. The lowest BCUT2D eigenvalue weighted by Gasteiger charge is -2.07. The molecule has 7 nitrogen and oxygen atoms in total. The molecule has 0 unspecified atom stereocenters. The van der Waals surface area contributed by atoms with Crippen LogP contribution in [-0.4, -0.2) is 41.0 Å². The van der Waals surface area contributed by atoms with Gasteiger partial charge in [-0.1, -0.05) is 6.07 Å². The van der Waals surface area contributed by atoms with Crippen molar-refractivity contribution in [3.63, 3.8) is 0 Å². The Morgan fingerprint density at radius 3 is 2.73 bits per heavy atom. The van der Waals surface area contributed by atoms with Gasteiger partial charge in [-0.2, -0.15) is 5.10 Å². The molecular weight excluding hydrogens is 407 g/mol. The molecule has 152 valence electrons. The van der Waals surface area contributed by atoms with Crippen LogP contribution in [0.2, 0.25) is 0 Å². The molecular formula is C21H17FN4O3S. The van der Waals surface area contributed by atoms with E-state index in [1.165, 1.54) is 29.2 Å². The second-order valence-electron chi connectivity index (χ2n) is 6.65. The highest BCUT2D eigenvalue weighted by Gasteiger charge is 2.19. The van der Waals surface area contributed by atoms with Crippen LogP contribution >= 0.6 is 11.3 Å². The maximum Gasteiger partial charge on any atom is 0.291 e. The lowest BCUT2D eigenvalue weighted by molar-refractivity contribution is 0.0793. The number of nitrogens with zero attached hydrogens (tertiary/aromatic N) is 2. The van der Waals surface area contributed by atoms with Crippen LogP contribution < -0.4 is 5.32 Å². The first kappa shape index (κ1) is 19.6. The van der Waals surface area contributed by atoms with E-state index in [1.807, 2.05) is 29.7 Å². The molecule has 0 radical (unpaired) electrons. The van der Waals surface area contributed by atoms with Gasteiger partial charge >= 0.3 is 0 Å². The second kappa shape index (κ2) is 7.96. The number of amides is 2. The van der Waals surface area contributed by atoms with Gasteiger partial charge in [0.25, 0.3) is 11.8 Å². The maximum absolute atomic E-state index is 14.5. The smallest absolute Gasteiger partial charge is 0.291 e. The molecule has 0 aliphatic heterocycles. The summed E-state index contributed by atoms with van der Waals surface area (Å²) in [7, 11) is 3.15. The van der Waals surface area contributed by atoms with Crippen molar-refractivity contribution in [3.05, 3.63) is 69.7 Å². The van der Waals surface area contributed by atoms with Crippen molar-refractivity contribution in [2.24, 2.45) is 0 Å². The van der Waals surface area contributed by atoms with Crippen LogP contribution in [-0.2, 0) is 0 Å². The fourth-order valence-corrected chi connectivity index (χ4v) is 3.43. The molecule has 0 saturated carbocycles.